The van der Waals surface area contributed by atoms with Gasteiger partial charge < -0.3 is 9.84 Å². The predicted octanol–water partition coefficient (Wildman–Crippen LogP) is 1.28. The Balaban J connectivity index is 2.00. The Morgan fingerprint density at radius 2 is 2.20 bits per heavy atom. The maximum absolute atomic E-state index is 12.1. The largest absolute Gasteiger partial charge is 0.361 e. The Kier molecular flexibility index (Phi) is 4.92. The first kappa shape index (κ1) is 15.2. The number of aromatic nitrogens is 1. The second kappa shape index (κ2) is 6.49. The number of thiophene rings is 1. The normalized spacial score (nSPS) is 11.9. The van der Waals surface area contributed by atoms with Gasteiger partial charge in [-0.3, -0.25) is 0 Å². The van der Waals surface area contributed by atoms with E-state index in [1.165, 1.54) is 11.3 Å². The summed E-state index contributed by atoms with van der Waals surface area (Å²) in [5.74, 6) is 0.657. The maximum atomic E-state index is 12.1. The molecule has 0 saturated carbocycles. The van der Waals surface area contributed by atoms with Gasteiger partial charge in [-0.1, -0.05) is 5.16 Å². The average Bonchev–Trinajstić information content (AvgIpc) is 3.03. The molecule has 2 aromatic heterocycles. The number of aryl methyl sites for hydroxylation is 1. The molecule has 110 valence electrons. The fourth-order valence-electron chi connectivity index (χ4n) is 1.63. The van der Waals surface area contributed by atoms with Gasteiger partial charge in [0.15, 0.2) is 0 Å². The Labute approximate surface area is 122 Å². The van der Waals surface area contributed by atoms with Gasteiger partial charge in [0.1, 0.15) is 9.97 Å². The summed E-state index contributed by atoms with van der Waals surface area (Å²) >= 11 is 1.29. The van der Waals surface area contributed by atoms with E-state index in [4.69, 9.17) is 4.52 Å². The highest BCUT2D eigenvalue weighted by molar-refractivity contribution is 7.91. The molecule has 0 aliphatic carbocycles. The minimum atomic E-state index is -3.49. The summed E-state index contributed by atoms with van der Waals surface area (Å²) in [6, 6.07) is 5.18. The molecular formula is C12H17N3O3S2. The lowest BCUT2D eigenvalue weighted by atomic mass is 10.3. The van der Waals surface area contributed by atoms with Crippen LogP contribution in [0.1, 0.15) is 16.3 Å². The standard InChI is InChI=1S/C12H17N3O3S2/c1-9-7-10(15-18-9)8-14-20(16,17)12-4-3-11(19-12)5-6-13-2/h3-4,7,13-14H,5-6,8H2,1-2H3. The Morgan fingerprint density at radius 1 is 1.40 bits per heavy atom. The first-order valence-electron chi connectivity index (χ1n) is 6.16. The van der Waals surface area contributed by atoms with Crippen LogP contribution in [0.2, 0.25) is 0 Å². The highest BCUT2D eigenvalue weighted by Crippen LogP contribution is 2.21. The van der Waals surface area contributed by atoms with Crippen molar-refractivity contribution in [1.82, 2.24) is 15.2 Å². The summed E-state index contributed by atoms with van der Waals surface area (Å²) in [4.78, 5) is 1.04. The monoisotopic (exact) mass is 315 g/mol. The molecule has 2 rings (SSSR count). The number of sulfonamides is 1. The third kappa shape index (κ3) is 3.89. The van der Waals surface area contributed by atoms with Crippen LogP contribution in [0.5, 0.6) is 0 Å². The van der Waals surface area contributed by atoms with Gasteiger partial charge in [-0.25, -0.2) is 13.1 Å². The molecule has 6 nitrogen and oxygen atoms in total. The van der Waals surface area contributed by atoms with Crippen molar-refractivity contribution < 1.29 is 12.9 Å². The van der Waals surface area contributed by atoms with Crippen LogP contribution in [-0.4, -0.2) is 27.2 Å². The molecule has 20 heavy (non-hydrogen) atoms. The quantitative estimate of drug-likeness (QED) is 0.804. The molecule has 0 unspecified atom stereocenters. The van der Waals surface area contributed by atoms with Gasteiger partial charge in [0.2, 0.25) is 10.0 Å². The number of rotatable bonds is 7. The molecule has 2 heterocycles. The minimum absolute atomic E-state index is 0.128. The van der Waals surface area contributed by atoms with Gasteiger partial charge in [-0.15, -0.1) is 11.3 Å². The van der Waals surface area contributed by atoms with Crippen LogP contribution >= 0.6 is 11.3 Å². The van der Waals surface area contributed by atoms with Gasteiger partial charge in [-0.2, -0.15) is 0 Å². The van der Waals surface area contributed by atoms with Crippen LogP contribution in [0.25, 0.3) is 0 Å². The highest BCUT2D eigenvalue weighted by Gasteiger charge is 2.17. The molecule has 0 aliphatic heterocycles. The summed E-state index contributed by atoms with van der Waals surface area (Å²) in [5.41, 5.74) is 0.568. The molecule has 0 aromatic carbocycles. The molecular weight excluding hydrogens is 298 g/mol. The molecule has 0 spiro atoms. The van der Waals surface area contributed by atoms with Gasteiger partial charge in [0.25, 0.3) is 0 Å². The molecule has 0 bridgehead atoms. The third-order valence-corrected chi connectivity index (χ3v) is 5.68. The molecule has 0 radical (unpaired) electrons. The molecule has 2 N–H and O–H groups in total. The van der Waals surface area contributed by atoms with Crippen LogP contribution in [0.3, 0.4) is 0 Å². The van der Waals surface area contributed by atoms with Crippen molar-refractivity contribution >= 4 is 21.4 Å². The van der Waals surface area contributed by atoms with Crippen molar-refractivity contribution in [3.63, 3.8) is 0 Å². The average molecular weight is 315 g/mol. The first-order chi connectivity index (χ1) is 9.51. The van der Waals surface area contributed by atoms with Crippen molar-refractivity contribution in [2.24, 2.45) is 0 Å². The van der Waals surface area contributed by atoms with Crippen molar-refractivity contribution in [3.8, 4) is 0 Å². The van der Waals surface area contributed by atoms with E-state index < -0.39 is 10.0 Å². The smallest absolute Gasteiger partial charge is 0.250 e. The van der Waals surface area contributed by atoms with Crippen molar-refractivity contribution in [1.29, 1.82) is 0 Å². The van der Waals surface area contributed by atoms with E-state index in [-0.39, 0.29) is 6.54 Å². The lowest BCUT2D eigenvalue weighted by Gasteiger charge is -2.01. The number of nitrogens with zero attached hydrogens (tertiary/aromatic N) is 1. The summed E-state index contributed by atoms with van der Waals surface area (Å²) in [6.45, 7) is 2.72. The molecule has 0 saturated heterocycles. The highest BCUT2D eigenvalue weighted by atomic mass is 32.2. The second-order valence-electron chi connectivity index (χ2n) is 4.33. The Bertz CT molecular complexity index is 661. The van der Waals surface area contributed by atoms with Gasteiger partial charge in [-0.05, 0) is 39.1 Å². The number of likely N-dealkylation sites (N-methyl/N-ethyl adjacent to an activating group) is 1. The van der Waals surface area contributed by atoms with Crippen molar-refractivity contribution in [2.45, 2.75) is 24.1 Å². The fraction of sp³-hybridized carbons (Fsp3) is 0.417. The topological polar surface area (TPSA) is 84.2 Å². The van der Waals surface area contributed by atoms with Crippen LogP contribution in [0, 0.1) is 6.92 Å². The fourth-order valence-corrected chi connectivity index (χ4v) is 4.03. The number of hydrogen-bond donors (Lipinski definition) is 2. The molecule has 2 aromatic rings. The van der Waals surface area contributed by atoms with E-state index in [1.54, 1.807) is 19.1 Å². The van der Waals surface area contributed by atoms with Crippen molar-refractivity contribution in [2.75, 3.05) is 13.6 Å². The van der Waals surface area contributed by atoms with Crippen LogP contribution in [0.15, 0.2) is 26.9 Å². The third-order valence-electron chi connectivity index (χ3n) is 2.64. The molecule has 0 fully saturated rings. The zero-order valence-corrected chi connectivity index (χ0v) is 13.0. The van der Waals surface area contributed by atoms with Gasteiger partial charge in [0.05, 0.1) is 12.2 Å². The number of hydrogen-bond acceptors (Lipinski definition) is 6. The molecule has 0 atom stereocenters. The predicted molar refractivity (Wildman–Crippen MR) is 77.2 cm³/mol. The zero-order valence-electron chi connectivity index (χ0n) is 11.3. The van der Waals surface area contributed by atoms with Crippen molar-refractivity contribution in [3.05, 3.63) is 34.5 Å². The van der Waals surface area contributed by atoms with Crippen LogP contribution < -0.4 is 10.0 Å². The van der Waals surface area contributed by atoms with E-state index in [1.807, 2.05) is 13.1 Å². The van der Waals surface area contributed by atoms with E-state index in [2.05, 4.69) is 15.2 Å². The molecule has 8 heteroatoms. The van der Waals surface area contributed by atoms with E-state index in [0.29, 0.717) is 15.7 Å². The second-order valence-corrected chi connectivity index (χ2v) is 7.49. The van der Waals surface area contributed by atoms with E-state index >= 15 is 0 Å². The van der Waals surface area contributed by atoms with E-state index in [0.717, 1.165) is 17.8 Å². The van der Waals surface area contributed by atoms with Gasteiger partial charge in [0, 0.05) is 10.9 Å². The molecule has 0 amide bonds. The summed E-state index contributed by atoms with van der Waals surface area (Å²) < 4.78 is 32.0. The minimum Gasteiger partial charge on any atom is -0.361 e. The number of nitrogens with one attached hydrogen (secondary N) is 2. The Morgan fingerprint density at radius 3 is 2.85 bits per heavy atom. The SMILES string of the molecule is CNCCc1ccc(S(=O)(=O)NCc2cc(C)on2)s1. The summed E-state index contributed by atoms with van der Waals surface area (Å²) in [7, 11) is -1.62. The summed E-state index contributed by atoms with van der Waals surface area (Å²) in [6.07, 6.45) is 0.819. The van der Waals surface area contributed by atoms with Crippen LogP contribution in [0.4, 0.5) is 0 Å². The van der Waals surface area contributed by atoms with E-state index in [9.17, 15) is 8.42 Å². The summed E-state index contributed by atoms with van der Waals surface area (Å²) in [5, 5.41) is 6.79. The lowest BCUT2D eigenvalue weighted by Crippen LogP contribution is -2.22. The van der Waals surface area contributed by atoms with Crippen LogP contribution in [-0.2, 0) is 23.0 Å². The maximum Gasteiger partial charge on any atom is 0.250 e. The zero-order chi connectivity index (χ0) is 14.6. The lowest BCUT2D eigenvalue weighted by molar-refractivity contribution is 0.390. The first-order valence-corrected chi connectivity index (χ1v) is 8.46. The molecule has 0 aliphatic rings. The van der Waals surface area contributed by atoms with Gasteiger partial charge >= 0.3 is 0 Å². The Hall–Kier alpha value is -1.22.